The molecule has 24 heavy (non-hydrogen) atoms. The maximum absolute atomic E-state index is 12.1. The molecule has 0 unspecified atom stereocenters. The Bertz CT molecular complexity index is 326. The van der Waals surface area contributed by atoms with Crippen LogP contribution in [-0.2, 0) is 25.8 Å². The van der Waals surface area contributed by atoms with Crippen molar-refractivity contribution >= 4 is 14.0 Å². The molecule has 0 spiro atoms. The van der Waals surface area contributed by atoms with Crippen molar-refractivity contribution in [1.29, 1.82) is 0 Å². The molecule has 0 amide bonds. The maximum atomic E-state index is 12.1. The van der Waals surface area contributed by atoms with Gasteiger partial charge in [-0.1, -0.05) is 0 Å². The molecular formula is C13H23F6HfN3Si. The monoisotopic (exact) mass is 543 g/mol. The molecule has 0 saturated carbocycles. The fourth-order valence-corrected chi connectivity index (χ4v) is 2.88. The van der Waals surface area contributed by atoms with Gasteiger partial charge in [-0.2, -0.15) is 80.8 Å². The third-order valence-corrected chi connectivity index (χ3v) is 4.04. The molecule has 11 heteroatoms. The Kier molecular flexibility index (Phi) is 23.4. The van der Waals surface area contributed by atoms with Crippen LogP contribution in [0.3, 0.4) is 0 Å². The summed E-state index contributed by atoms with van der Waals surface area (Å²) < 4.78 is 72.7. The van der Waals surface area contributed by atoms with E-state index in [0.29, 0.717) is 0 Å². The zero-order valence-corrected chi connectivity index (χ0v) is 19.2. The first-order valence-corrected chi connectivity index (χ1v) is 7.99. The molecule has 1 aromatic carbocycles. The summed E-state index contributed by atoms with van der Waals surface area (Å²) in [7, 11) is 5.58. The number of hydrogen-bond donors (Lipinski definition) is 0. The van der Waals surface area contributed by atoms with Gasteiger partial charge in [0.1, 0.15) is 0 Å². The van der Waals surface area contributed by atoms with E-state index in [2.05, 4.69) is 16.0 Å². The minimum absolute atomic E-state index is 0. The van der Waals surface area contributed by atoms with Crippen molar-refractivity contribution in [3.05, 3.63) is 40.2 Å². The van der Waals surface area contributed by atoms with Gasteiger partial charge in [-0.05, 0) is 0 Å². The Balaban J connectivity index is -0.000000169. The second-order valence-electron chi connectivity index (χ2n) is 4.08. The van der Waals surface area contributed by atoms with Gasteiger partial charge in [0.15, 0.2) is 0 Å². The summed E-state index contributed by atoms with van der Waals surface area (Å²) in [5.74, 6) is -10.3. The number of nitrogens with zero attached hydrogens (tertiary/aromatic N) is 3. The van der Waals surface area contributed by atoms with Crippen LogP contribution in [0.15, 0.2) is 24.3 Å². The number of rotatable bonds is 1. The van der Waals surface area contributed by atoms with Gasteiger partial charge < -0.3 is 16.0 Å². The van der Waals surface area contributed by atoms with Crippen LogP contribution in [0, 0.1) is 0 Å². The van der Waals surface area contributed by atoms with E-state index < -0.39 is 25.6 Å². The van der Waals surface area contributed by atoms with Gasteiger partial charge in [0.25, 0.3) is 8.80 Å². The van der Waals surface area contributed by atoms with Gasteiger partial charge in [-0.15, -0.1) is 5.19 Å². The van der Waals surface area contributed by atoms with E-state index in [0.717, 1.165) is 12.1 Å². The second-order valence-corrected chi connectivity index (χ2v) is 6.92. The van der Waals surface area contributed by atoms with Gasteiger partial charge in [0.05, 0.1) is 0 Å². The zero-order chi connectivity index (χ0) is 19.1. The van der Waals surface area contributed by atoms with Crippen LogP contribution in [-0.4, -0.2) is 62.7 Å². The first-order valence-electron chi connectivity index (χ1n) is 6.26. The van der Waals surface area contributed by atoms with Crippen LogP contribution in [0.4, 0.5) is 26.3 Å². The van der Waals surface area contributed by atoms with Gasteiger partial charge in [-0.3, -0.25) is 0 Å². The zero-order valence-electron chi connectivity index (χ0n) is 14.5. The number of hydrogen-bond acceptors (Lipinski definition) is 0. The summed E-state index contributed by atoms with van der Waals surface area (Å²) in [6, 6.07) is 4.09. The molecular weight excluding hydrogens is 519 g/mol. The number of halogens is 6. The molecule has 0 radical (unpaired) electrons. The van der Waals surface area contributed by atoms with Crippen molar-refractivity contribution < 1.29 is 52.2 Å². The van der Waals surface area contributed by atoms with Crippen molar-refractivity contribution in [2.24, 2.45) is 0 Å². The third-order valence-electron chi connectivity index (χ3n) is 1.68. The van der Waals surface area contributed by atoms with Crippen LogP contribution in [0.1, 0.15) is 0 Å². The van der Waals surface area contributed by atoms with E-state index in [9.17, 15) is 26.3 Å². The Morgan fingerprint density at radius 1 is 0.667 bits per heavy atom. The SMILES string of the molecule is C[N-]C.C[N-]C.C[N-]C.FC(F)(F)[SiH]([c-]1cccc1)C(F)(F)F.[Hf+4]. The summed E-state index contributed by atoms with van der Waals surface area (Å²) in [6.07, 6.45) is 0. The van der Waals surface area contributed by atoms with E-state index in [1.165, 1.54) is 12.1 Å². The standard InChI is InChI=1S/C7H5F6Si.3C2H6N.Hf/c8-6(9,10)14(7(11,12)13)5-3-1-2-4-5;3*1-3-2;/h1-4,14H;3*1-2H3;/q4*-1;+4. The Morgan fingerprint density at radius 3 is 1.04 bits per heavy atom. The summed E-state index contributed by atoms with van der Waals surface area (Å²) >= 11 is 0. The largest absolute Gasteiger partial charge is 4.00 e. The Hall–Kier alpha value is -0.103. The summed E-state index contributed by atoms with van der Waals surface area (Å²) in [6.45, 7) is 0. The fourth-order valence-electron chi connectivity index (χ4n) is 1.14. The number of alkyl halides is 6. The van der Waals surface area contributed by atoms with E-state index in [-0.39, 0.29) is 25.8 Å². The molecule has 0 N–H and O–H groups in total. The fraction of sp³-hybridized carbons (Fsp3) is 0.615. The van der Waals surface area contributed by atoms with Crippen molar-refractivity contribution in [2.75, 3.05) is 42.3 Å². The molecule has 1 aromatic rings. The van der Waals surface area contributed by atoms with Crippen molar-refractivity contribution in [1.82, 2.24) is 0 Å². The van der Waals surface area contributed by atoms with Crippen LogP contribution in [0.2, 0.25) is 0 Å². The minimum Gasteiger partial charge on any atom is -0.668 e. The molecule has 1 rings (SSSR count). The molecule has 0 heterocycles. The normalized spacial score (nSPS) is 10.2. The summed E-state index contributed by atoms with van der Waals surface area (Å²) in [5.41, 5.74) is 0. The maximum Gasteiger partial charge on any atom is 4.00 e. The first-order chi connectivity index (χ1) is 10.5. The van der Waals surface area contributed by atoms with Gasteiger partial charge in [0, 0.05) is 0 Å². The molecule has 3 nitrogen and oxygen atoms in total. The molecule has 0 aliphatic heterocycles. The molecule has 140 valence electrons. The molecule has 0 fully saturated rings. The van der Waals surface area contributed by atoms with E-state index in [4.69, 9.17) is 0 Å². The molecule has 0 bridgehead atoms. The predicted molar refractivity (Wildman–Crippen MR) is 86.5 cm³/mol. The molecule has 0 aromatic heterocycles. The minimum atomic E-state index is -5.16. The van der Waals surface area contributed by atoms with E-state index in [1.807, 2.05) is 0 Å². The Morgan fingerprint density at radius 2 is 0.875 bits per heavy atom. The predicted octanol–water partition coefficient (Wildman–Crippen LogP) is 3.90. The second kappa shape index (κ2) is 17.7. The van der Waals surface area contributed by atoms with Crippen LogP contribution in [0.5, 0.6) is 0 Å². The van der Waals surface area contributed by atoms with Crippen molar-refractivity contribution in [3.8, 4) is 0 Å². The van der Waals surface area contributed by atoms with Crippen LogP contribution >= 0.6 is 0 Å². The van der Waals surface area contributed by atoms with Gasteiger partial charge in [-0.25, -0.2) is 12.1 Å². The average Bonchev–Trinajstić information content (AvgIpc) is 2.81. The molecule has 0 aliphatic carbocycles. The van der Waals surface area contributed by atoms with Gasteiger partial charge in [0.2, 0.25) is 0 Å². The topological polar surface area (TPSA) is 42.3 Å². The van der Waals surface area contributed by atoms with Gasteiger partial charge >= 0.3 is 37.4 Å². The Labute approximate surface area is 160 Å². The third kappa shape index (κ3) is 18.2. The quantitative estimate of drug-likeness (QED) is 0.294. The first kappa shape index (κ1) is 31.6. The summed E-state index contributed by atoms with van der Waals surface area (Å²) in [4.78, 5) is 0. The van der Waals surface area contributed by atoms with Crippen molar-refractivity contribution in [3.63, 3.8) is 0 Å². The molecule has 0 saturated heterocycles. The molecule has 0 atom stereocenters. The van der Waals surface area contributed by atoms with E-state index in [1.54, 1.807) is 42.3 Å². The summed E-state index contributed by atoms with van der Waals surface area (Å²) in [5, 5.41) is 9.87. The van der Waals surface area contributed by atoms with Crippen LogP contribution in [0.25, 0.3) is 16.0 Å². The average molecular weight is 542 g/mol. The van der Waals surface area contributed by atoms with E-state index >= 15 is 0 Å². The van der Waals surface area contributed by atoms with Crippen molar-refractivity contribution in [2.45, 2.75) is 11.6 Å². The smallest absolute Gasteiger partial charge is 0.668 e. The molecule has 0 aliphatic rings. The van der Waals surface area contributed by atoms with Crippen LogP contribution < -0.4 is 5.19 Å².